The monoisotopic (exact) mass is 276 g/mol. The van der Waals surface area contributed by atoms with E-state index in [4.69, 9.17) is 11.6 Å². The van der Waals surface area contributed by atoms with Crippen LogP contribution >= 0.6 is 11.6 Å². The van der Waals surface area contributed by atoms with Gasteiger partial charge in [0.2, 0.25) is 5.91 Å². The van der Waals surface area contributed by atoms with Crippen molar-refractivity contribution in [3.8, 4) is 0 Å². The number of hydrogen-bond donors (Lipinski definition) is 1. The zero-order valence-corrected chi connectivity index (χ0v) is 10.8. The Morgan fingerprint density at radius 1 is 1.11 bits per heavy atom. The molecule has 1 heterocycles. The highest BCUT2D eigenvalue weighted by Crippen LogP contribution is 2.25. The number of hydrogen-bond acceptors (Lipinski definition) is 2. The average molecular weight is 277 g/mol. The Balaban J connectivity index is 2.20. The van der Waals surface area contributed by atoms with Crippen molar-refractivity contribution >= 4 is 28.9 Å². The van der Waals surface area contributed by atoms with Crippen molar-refractivity contribution in [1.29, 1.82) is 0 Å². The summed E-state index contributed by atoms with van der Waals surface area (Å²) < 4.78 is 0. The van der Waals surface area contributed by atoms with Crippen molar-refractivity contribution in [1.82, 2.24) is 0 Å². The molecular weight excluding hydrogens is 266 g/mol. The van der Waals surface area contributed by atoms with Gasteiger partial charge in [0, 0.05) is 16.1 Å². The maximum Gasteiger partial charge on any atom is 0.246 e. The zero-order chi connectivity index (χ0) is 13.2. The molecule has 19 heavy (non-hydrogen) atoms. The molecule has 0 atom stereocenters. The van der Waals surface area contributed by atoms with Crippen LogP contribution < -0.4 is 5.32 Å². The van der Waals surface area contributed by atoms with Crippen molar-refractivity contribution in [2.75, 3.05) is 11.9 Å². The molecule has 0 spiro atoms. The second-order valence-corrected chi connectivity index (χ2v) is 4.71. The van der Waals surface area contributed by atoms with Gasteiger partial charge in [-0.2, -0.15) is 0 Å². The first kappa shape index (κ1) is 11.9. The van der Waals surface area contributed by atoms with Crippen LogP contribution in [0.2, 0.25) is 5.02 Å². The van der Waals surface area contributed by atoms with Crippen LogP contribution in [0.15, 0.2) is 53.5 Å². The van der Waals surface area contributed by atoms with Crippen LogP contribution in [0.4, 0.5) is 5.69 Å². The van der Waals surface area contributed by atoms with Crippen LogP contribution in [0, 0.1) is 0 Å². The number of anilines is 1. The molecule has 0 radical (unpaired) electrons. The first-order valence-electron chi connectivity index (χ1n) is 5.94. The number of aliphatic imine (C=N–C) groups is 1. The minimum absolute atomic E-state index is 0.116. The van der Waals surface area contributed by atoms with Crippen molar-refractivity contribution in [2.24, 2.45) is 4.99 Å². The Morgan fingerprint density at radius 3 is 2.68 bits per heavy atom. The summed E-state index contributed by atoms with van der Waals surface area (Å²) in [6.07, 6.45) is 0. The quantitative estimate of drug-likeness (QED) is 0.854. The normalized spacial score (nSPS) is 14.2. The van der Waals surface area contributed by atoms with Gasteiger partial charge in [-0.3, -0.25) is 9.79 Å². The summed E-state index contributed by atoms with van der Waals surface area (Å²) in [5.41, 5.74) is 3.36. The van der Waals surface area contributed by atoms with Gasteiger partial charge < -0.3 is 5.32 Å². The zero-order valence-electron chi connectivity index (χ0n) is 10.1. The highest BCUT2D eigenvalue weighted by atomic mass is 35.5. The third-order valence-electron chi connectivity index (χ3n) is 2.94. The highest BCUT2D eigenvalue weighted by Gasteiger charge is 2.17. The SMILES string of the molecule is O=C1CN=C(c2ccccc2)[13c]2[13cH][13c](Cl)[13cH][13cH][13c]2N1. The van der Waals surface area contributed by atoms with E-state index in [1.54, 1.807) is 12.1 Å². The number of carbonyl (C=O) groups is 1. The van der Waals surface area contributed by atoms with Gasteiger partial charge in [0.25, 0.3) is 0 Å². The summed E-state index contributed by atoms with van der Waals surface area (Å²) in [5.74, 6) is -0.116. The summed E-state index contributed by atoms with van der Waals surface area (Å²) in [4.78, 5) is 16.1. The molecule has 1 aliphatic rings. The molecule has 0 fully saturated rings. The second-order valence-electron chi connectivity index (χ2n) is 4.27. The summed E-state index contributed by atoms with van der Waals surface area (Å²) in [7, 11) is 0. The van der Waals surface area contributed by atoms with E-state index in [1.165, 1.54) is 0 Å². The summed E-state index contributed by atoms with van der Waals surface area (Å²) in [5, 5.41) is 3.46. The topological polar surface area (TPSA) is 41.5 Å². The fourth-order valence-electron chi connectivity index (χ4n) is 2.09. The van der Waals surface area contributed by atoms with E-state index < -0.39 is 0 Å². The largest absolute Gasteiger partial charge is 0.324 e. The maximum atomic E-state index is 11.7. The van der Waals surface area contributed by atoms with Gasteiger partial charge in [-0.25, -0.2) is 0 Å². The van der Waals surface area contributed by atoms with Crippen molar-refractivity contribution in [3.05, 3.63) is 64.7 Å². The highest BCUT2D eigenvalue weighted by molar-refractivity contribution is 6.31. The van der Waals surface area contributed by atoms with E-state index in [2.05, 4.69) is 10.3 Å². The summed E-state index contributed by atoms with van der Waals surface area (Å²) in [6.45, 7) is 0.122. The summed E-state index contributed by atoms with van der Waals surface area (Å²) >= 11 is 6.05. The van der Waals surface area contributed by atoms with Gasteiger partial charge in [0.05, 0.1) is 11.4 Å². The van der Waals surface area contributed by atoms with Crippen LogP contribution in [0.25, 0.3) is 0 Å². The Kier molecular flexibility index (Phi) is 3.05. The van der Waals surface area contributed by atoms with E-state index in [1.807, 2.05) is 36.4 Å². The first-order chi connectivity index (χ1) is 9.24. The second kappa shape index (κ2) is 4.86. The Hall–Kier alpha value is -2.13. The number of halogens is 1. The lowest BCUT2D eigenvalue weighted by molar-refractivity contribution is -0.114. The molecule has 4 heteroatoms. The molecular formula is C15H11ClN2O. The molecule has 0 bridgehead atoms. The van der Waals surface area contributed by atoms with Crippen LogP contribution in [0.1, 0.15) is 11.1 Å². The standard InChI is InChI=1S/C15H11ClN2O/c16-11-6-7-13-12(8-11)15(17-9-14(19)18-13)10-4-2-1-3-5-10/h1-8H,9H2,(H,18,19)/i6+1,7+1,8+1,11+1,12+1,13+1. The van der Waals surface area contributed by atoms with Crippen molar-refractivity contribution in [3.63, 3.8) is 0 Å². The van der Waals surface area contributed by atoms with Crippen LogP contribution in [0.3, 0.4) is 0 Å². The molecule has 0 saturated heterocycles. The molecule has 0 unspecified atom stereocenters. The van der Waals surface area contributed by atoms with Crippen LogP contribution in [-0.2, 0) is 4.79 Å². The maximum absolute atomic E-state index is 11.7. The smallest absolute Gasteiger partial charge is 0.246 e. The van der Waals surface area contributed by atoms with Gasteiger partial charge in [-0.05, 0) is 18.2 Å². The number of fused-ring (bicyclic) bond motifs is 1. The predicted molar refractivity (Wildman–Crippen MR) is 77.0 cm³/mol. The molecule has 1 N–H and O–H groups in total. The lowest BCUT2D eigenvalue weighted by Gasteiger charge is -2.10. The summed E-state index contributed by atoms with van der Waals surface area (Å²) in [6, 6.07) is 15.2. The third-order valence-corrected chi connectivity index (χ3v) is 3.17. The third kappa shape index (κ3) is 2.37. The van der Waals surface area contributed by atoms with Gasteiger partial charge in [-0.1, -0.05) is 41.9 Å². The molecule has 3 rings (SSSR count). The van der Waals surface area contributed by atoms with Gasteiger partial charge in [0.15, 0.2) is 0 Å². The minimum atomic E-state index is -0.116. The molecule has 2 aromatic carbocycles. The Labute approximate surface area is 115 Å². The number of benzodiazepines with no additional fused rings is 1. The molecule has 94 valence electrons. The molecule has 1 amide bonds. The van der Waals surface area contributed by atoms with E-state index in [0.29, 0.717) is 5.02 Å². The van der Waals surface area contributed by atoms with Crippen molar-refractivity contribution < 1.29 is 4.79 Å². The lowest BCUT2D eigenvalue weighted by Crippen LogP contribution is -2.13. The Bertz CT molecular complexity index is 665. The minimum Gasteiger partial charge on any atom is -0.324 e. The number of amides is 1. The number of rotatable bonds is 1. The molecule has 1 aliphatic heterocycles. The van der Waals surface area contributed by atoms with E-state index >= 15 is 0 Å². The van der Waals surface area contributed by atoms with E-state index in [9.17, 15) is 4.79 Å². The fraction of sp³-hybridized carbons (Fsp3) is 0.0667. The van der Waals surface area contributed by atoms with Crippen LogP contribution in [0.5, 0.6) is 0 Å². The van der Waals surface area contributed by atoms with E-state index in [0.717, 1.165) is 22.5 Å². The molecule has 0 saturated carbocycles. The lowest BCUT2D eigenvalue weighted by atomic mass is 10.2. The number of nitrogens with zero attached hydrogens (tertiary/aromatic N) is 1. The molecule has 3 nitrogen and oxygen atoms in total. The fourth-order valence-corrected chi connectivity index (χ4v) is 2.26. The first-order valence-corrected chi connectivity index (χ1v) is 6.31. The predicted octanol–water partition coefficient (Wildman–Crippen LogP) is 3.13. The number of carbonyl (C=O) groups excluding carboxylic acids is 1. The molecule has 0 aromatic heterocycles. The van der Waals surface area contributed by atoms with E-state index in [-0.39, 0.29) is 12.5 Å². The molecule has 2 aromatic rings. The van der Waals surface area contributed by atoms with Crippen LogP contribution in [-0.4, -0.2) is 18.2 Å². The number of nitrogens with one attached hydrogen (secondary N) is 1. The Morgan fingerprint density at radius 2 is 1.89 bits per heavy atom. The van der Waals surface area contributed by atoms with Crippen molar-refractivity contribution in [2.45, 2.75) is 0 Å². The average Bonchev–Trinajstić information content (AvgIpc) is 2.58. The van der Waals surface area contributed by atoms with Gasteiger partial charge in [0.1, 0.15) is 6.54 Å². The number of benzene rings is 2. The van der Waals surface area contributed by atoms with Gasteiger partial charge >= 0.3 is 0 Å². The van der Waals surface area contributed by atoms with Gasteiger partial charge in [-0.15, -0.1) is 0 Å². The molecule has 0 aliphatic carbocycles.